The Bertz CT molecular complexity index is 579. The molecule has 2 aromatic rings. The van der Waals surface area contributed by atoms with Crippen LogP contribution in [0.2, 0.25) is 0 Å². The molecule has 3 nitrogen and oxygen atoms in total. The van der Waals surface area contributed by atoms with Crippen molar-refractivity contribution in [3.63, 3.8) is 0 Å². The zero-order chi connectivity index (χ0) is 14.0. The van der Waals surface area contributed by atoms with Gasteiger partial charge in [-0.05, 0) is 37.3 Å². The van der Waals surface area contributed by atoms with Crippen molar-refractivity contribution in [3.8, 4) is 11.5 Å². The molecule has 0 atom stereocenters. The highest BCUT2D eigenvalue weighted by atomic mass is 19.4. The quantitative estimate of drug-likeness (QED) is 0.843. The van der Waals surface area contributed by atoms with Gasteiger partial charge >= 0.3 is 6.18 Å². The molecule has 1 heterocycles. The van der Waals surface area contributed by atoms with Crippen LogP contribution >= 0.6 is 0 Å². The molecule has 2 N–H and O–H groups in total. The molecule has 2 rings (SSSR count). The second kappa shape index (κ2) is 4.79. The molecule has 0 aliphatic heterocycles. The number of pyridine rings is 1. The average Bonchev–Trinajstić information content (AvgIpc) is 2.33. The number of nitrogens with two attached hydrogens (primary N) is 1. The highest BCUT2D eigenvalue weighted by Crippen LogP contribution is 2.39. The van der Waals surface area contributed by atoms with E-state index in [1.165, 1.54) is 18.3 Å². The number of benzene rings is 1. The van der Waals surface area contributed by atoms with Crippen LogP contribution in [0.25, 0.3) is 0 Å². The predicted octanol–water partition coefficient (Wildman–Crippen LogP) is 3.78. The normalized spacial score (nSPS) is 11.4. The number of nitrogens with zero attached hydrogens (tertiary/aromatic N) is 1. The van der Waals surface area contributed by atoms with Gasteiger partial charge in [-0.3, -0.25) is 4.98 Å². The Kier molecular flexibility index (Phi) is 3.33. The van der Waals surface area contributed by atoms with Crippen molar-refractivity contribution in [1.29, 1.82) is 0 Å². The van der Waals surface area contributed by atoms with Crippen LogP contribution in [0.15, 0.2) is 36.5 Å². The Hall–Kier alpha value is -2.24. The van der Waals surface area contributed by atoms with Crippen molar-refractivity contribution in [3.05, 3.63) is 47.8 Å². The van der Waals surface area contributed by atoms with E-state index < -0.39 is 11.7 Å². The average molecular weight is 268 g/mol. The van der Waals surface area contributed by atoms with E-state index in [1.807, 2.05) is 0 Å². The van der Waals surface area contributed by atoms with E-state index in [9.17, 15) is 13.2 Å². The number of rotatable bonds is 2. The first kappa shape index (κ1) is 13.2. The molecule has 6 heteroatoms. The third-order valence-electron chi connectivity index (χ3n) is 2.42. The SMILES string of the molecule is Cc1ccc(Oc2ccc(N)cc2C(F)(F)F)cn1. The molecule has 0 aliphatic rings. The van der Waals surface area contributed by atoms with Gasteiger partial charge < -0.3 is 10.5 Å². The number of halogens is 3. The van der Waals surface area contributed by atoms with Gasteiger partial charge in [0.1, 0.15) is 17.1 Å². The first-order valence-corrected chi connectivity index (χ1v) is 5.43. The Morgan fingerprint density at radius 1 is 1.16 bits per heavy atom. The topological polar surface area (TPSA) is 48.1 Å². The summed E-state index contributed by atoms with van der Waals surface area (Å²) in [6, 6.07) is 6.60. The minimum absolute atomic E-state index is 0.0294. The van der Waals surface area contributed by atoms with Gasteiger partial charge in [0.25, 0.3) is 0 Å². The molecule has 0 unspecified atom stereocenters. The molecule has 0 aliphatic carbocycles. The fourth-order valence-corrected chi connectivity index (χ4v) is 1.50. The monoisotopic (exact) mass is 268 g/mol. The first-order valence-electron chi connectivity index (χ1n) is 5.43. The van der Waals surface area contributed by atoms with Crippen LogP contribution in [0.4, 0.5) is 18.9 Å². The van der Waals surface area contributed by atoms with Gasteiger partial charge in [-0.15, -0.1) is 0 Å². The third kappa shape index (κ3) is 3.15. The summed E-state index contributed by atoms with van der Waals surface area (Å²) in [6.45, 7) is 1.77. The maximum absolute atomic E-state index is 12.8. The Morgan fingerprint density at radius 2 is 1.89 bits per heavy atom. The summed E-state index contributed by atoms with van der Waals surface area (Å²) < 4.78 is 43.7. The molecular weight excluding hydrogens is 257 g/mol. The predicted molar refractivity (Wildman–Crippen MR) is 64.9 cm³/mol. The third-order valence-corrected chi connectivity index (χ3v) is 2.42. The highest BCUT2D eigenvalue weighted by Gasteiger charge is 2.34. The van der Waals surface area contributed by atoms with E-state index >= 15 is 0 Å². The molecule has 0 bridgehead atoms. The van der Waals surface area contributed by atoms with Crippen molar-refractivity contribution in [1.82, 2.24) is 4.98 Å². The van der Waals surface area contributed by atoms with Crippen molar-refractivity contribution in [2.24, 2.45) is 0 Å². The van der Waals surface area contributed by atoms with Crippen LogP contribution in [0.3, 0.4) is 0 Å². The van der Waals surface area contributed by atoms with Gasteiger partial charge in [-0.25, -0.2) is 0 Å². The summed E-state index contributed by atoms with van der Waals surface area (Å²) in [7, 11) is 0. The zero-order valence-corrected chi connectivity index (χ0v) is 10.0. The largest absolute Gasteiger partial charge is 0.455 e. The van der Waals surface area contributed by atoms with Crippen LogP contribution in [0.5, 0.6) is 11.5 Å². The van der Waals surface area contributed by atoms with Crippen molar-refractivity contribution in [2.45, 2.75) is 13.1 Å². The lowest BCUT2D eigenvalue weighted by molar-refractivity contribution is -0.138. The number of ether oxygens (including phenoxy) is 1. The minimum atomic E-state index is -4.52. The van der Waals surface area contributed by atoms with E-state index in [2.05, 4.69) is 4.98 Å². The van der Waals surface area contributed by atoms with Gasteiger partial charge in [-0.2, -0.15) is 13.2 Å². The summed E-state index contributed by atoms with van der Waals surface area (Å²) in [5.74, 6) is -0.0618. The molecule has 0 saturated heterocycles. The molecule has 100 valence electrons. The van der Waals surface area contributed by atoms with Gasteiger partial charge in [-0.1, -0.05) is 0 Å². The lowest BCUT2D eigenvalue weighted by atomic mass is 10.1. The number of anilines is 1. The Balaban J connectivity index is 2.37. The molecular formula is C13H11F3N2O. The summed E-state index contributed by atoms with van der Waals surface area (Å²) in [5, 5.41) is 0. The number of aryl methyl sites for hydroxylation is 1. The molecule has 1 aromatic carbocycles. The number of nitrogen functional groups attached to an aromatic ring is 1. The maximum atomic E-state index is 12.8. The fraction of sp³-hybridized carbons (Fsp3) is 0.154. The summed E-state index contributed by atoms with van der Waals surface area (Å²) in [5.41, 5.74) is 5.24. The van der Waals surface area contributed by atoms with Crippen molar-refractivity contribution in [2.75, 3.05) is 5.73 Å². The molecule has 19 heavy (non-hydrogen) atoms. The summed E-state index contributed by atoms with van der Waals surface area (Å²) in [6.07, 6.45) is -3.16. The van der Waals surface area contributed by atoms with Crippen molar-refractivity contribution >= 4 is 5.69 Å². The lowest BCUT2D eigenvalue weighted by Crippen LogP contribution is -2.08. The molecule has 0 amide bonds. The molecule has 0 spiro atoms. The van der Waals surface area contributed by atoms with Gasteiger partial charge in [0.05, 0.1) is 6.20 Å². The number of hydrogen-bond donors (Lipinski definition) is 1. The van der Waals surface area contributed by atoms with E-state index in [0.717, 1.165) is 11.8 Å². The Morgan fingerprint density at radius 3 is 2.47 bits per heavy atom. The Labute approximate surface area is 107 Å². The number of alkyl halides is 3. The standard InChI is InChI=1S/C13H11F3N2O/c1-8-2-4-10(7-18-8)19-12-5-3-9(17)6-11(12)13(14,15)16/h2-7H,17H2,1H3. The first-order chi connectivity index (χ1) is 8.86. The van der Waals surface area contributed by atoms with Crippen LogP contribution in [-0.2, 0) is 6.18 Å². The van der Waals surface area contributed by atoms with Crippen molar-refractivity contribution < 1.29 is 17.9 Å². The van der Waals surface area contributed by atoms with E-state index in [0.29, 0.717) is 0 Å². The lowest BCUT2D eigenvalue weighted by Gasteiger charge is -2.14. The van der Waals surface area contributed by atoms with Crippen LogP contribution in [0, 0.1) is 6.92 Å². The smallest absolute Gasteiger partial charge is 0.420 e. The van der Waals surface area contributed by atoms with E-state index in [1.54, 1.807) is 19.1 Å². The molecule has 1 aromatic heterocycles. The fourth-order valence-electron chi connectivity index (χ4n) is 1.50. The maximum Gasteiger partial charge on any atom is 0.420 e. The molecule has 0 fully saturated rings. The zero-order valence-electron chi connectivity index (χ0n) is 10.0. The van der Waals surface area contributed by atoms with Gasteiger partial charge in [0.15, 0.2) is 0 Å². The highest BCUT2D eigenvalue weighted by molar-refractivity contribution is 5.50. The number of aromatic nitrogens is 1. The molecule has 0 saturated carbocycles. The van der Waals surface area contributed by atoms with Gasteiger partial charge in [0, 0.05) is 11.4 Å². The second-order valence-corrected chi connectivity index (χ2v) is 3.99. The van der Waals surface area contributed by atoms with Crippen LogP contribution in [0.1, 0.15) is 11.3 Å². The van der Waals surface area contributed by atoms with Gasteiger partial charge in [0.2, 0.25) is 0 Å². The minimum Gasteiger partial charge on any atom is -0.455 e. The summed E-state index contributed by atoms with van der Waals surface area (Å²) in [4.78, 5) is 3.95. The number of hydrogen-bond acceptors (Lipinski definition) is 3. The second-order valence-electron chi connectivity index (χ2n) is 3.99. The van der Waals surface area contributed by atoms with Crippen LogP contribution < -0.4 is 10.5 Å². The van der Waals surface area contributed by atoms with E-state index in [-0.39, 0.29) is 17.2 Å². The molecule has 0 radical (unpaired) electrons. The summed E-state index contributed by atoms with van der Waals surface area (Å²) >= 11 is 0. The van der Waals surface area contributed by atoms with Crippen LogP contribution in [-0.4, -0.2) is 4.98 Å². The van der Waals surface area contributed by atoms with E-state index in [4.69, 9.17) is 10.5 Å².